The molecule has 0 fully saturated rings. The number of carbonyl (C=O) groups excluding carboxylic acids is 2. The zero-order valence-electron chi connectivity index (χ0n) is 23.2. The molecule has 0 spiro atoms. The highest BCUT2D eigenvalue weighted by molar-refractivity contribution is 7.90. The summed E-state index contributed by atoms with van der Waals surface area (Å²) < 4.78 is 83.7. The number of hydrogen-bond acceptors (Lipinski definition) is 6. The molecule has 4 amide bonds. The molecule has 3 N–H and O–H groups in total. The first-order chi connectivity index (χ1) is 21.1. The summed E-state index contributed by atoms with van der Waals surface area (Å²) in [7, 11) is -3.22. The fourth-order valence-corrected chi connectivity index (χ4v) is 5.44. The van der Waals surface area contributed by atoms with Gasteiger partial charge in [0.1, 0.15) is 11.6 Å². The maximum atomic E-state index is 14.3. The van der Waals surface area contributed by atoms with E-state index in [0.717, 1.165) is 46.0 Å². The van der Waals surface area contributed by atoms with Crippen LogP contribution in [0.25, 0.3) is 10.8 Å². The average Bonchev–Trinajstić information content (AvgIpc) is 2.95. The second-order valence-electron chi connectivity index (χ2n) is 9.56. The van der Waals surface area contributed by atoms with Crippen molar-refractivity contribution in [3.8, 4) is 0 Å². The largest absolute Gasteiger partial charge is 0.332 e. The van der Waals surface area contributed by atoms with Gasteiger partial charge in [0, 0.05) is 30.4 Å². The Bertz CT molecular complexity index is 2000. The van der Waals surface area contributed by atoms with E-state index in [1.807, 2.05) is 0 Å². The highest BCUT2D eigenvalue weighted by atomic mass is 35.5. The molecule has 0 unspecified atom stereocenters. The highest BCUT2D eigenvalue weighted by Gasteiger charge is 2.29. The second-order valence-corrected chi connectivity index (χ2v) is 12.2. The van der Waals surface area contributed by atoms with E-state index in [2.05, 4.69) is 15.7 Å². The predicted molar refractivity (Wildman–Crippen MR) is 160 cm³/mol. The van der Waals surface area contributed by atoms with Crippen LogP contribution in [0.15, 0.2) is 53.3 Å². The van der Waals surface area contributed by atoms with E-state index in [0.29, 0.717) is 6.07 Å². The summed E-state index contributed by atoms with van der Waals surface area (Å²) in [5, 5.41) is 7.69. The van der Waals surface area contributed by atoms with Crippen LogP contribution in [-0.2, 0) is 17.1 Å². The normalized spacial score (nSPS) is 12.1. The van der Waals surface area contributed by atoms with Crippen LogP contribution >= 0.6 is 23.2 Å². The molecular formula is C27H22Cl2F4N6O5S. The van der Waals surface area contributed by atoms with Crippen molar-refractivity contribution in [2.45, 2.75) is 13.0 Å². The van der Waals surface area contributed by atoms with Crippen LogP contribution in [-0.4, -0.2) is 47.5 Å². The summed E-state index contributed by atoms with van der Waals surface area (Å²) in [6.45, 7) is 0.762. The molecule has 1 heterocycles. The van der Waals surface area contributed by atoms with Crippen molar-refractivity contribution in [2.75, 3.05) is 22.9 Å². The number of amides is 4. The minimum absolute atomic E-state index is 0.0157. The Morgan fingerprint density at radius 1 is 0.889 bits per heavy atom. The molecule has 1 atom stereocenters. The molecule has 0 saturated heterocycles. The highest BCUT2D eigenvalue weighted by Crippen LogP contribution is 2.28. The Morgan fingerprint density at radius 3 is 1.98 bits per heavy atom. The Kier molecular flexibility index (Phi) is 9.89. The summed E-state index contributed by atoms with van der Waals surface area (Å²) in [6, 6.07) is 4.43. The number of anilines is 2. The van der Waals surface area contributed by atoms with Crippen LogP contribution < -0.4 is 20.9 Å². The van der Waals surface area contributed by atoms with Crippen LogP contribution in [0, 0.1) is 23.3 Å². The number of nitrogens with zero attached hydrogens (tertiary/aromatic N) is 3. The maximum Gasteiger partial charge on any atom is 0.332 e. The number of hydrogen-bond donors (Lipinski definition) is 3. The number of carbonyl (C=O) groups is 2. The maximum absolute atomic E-state index is 14.3. The molecule has 4 aromatic rings. The van der Waals surface area contributed by atoms with E-state index >= 15 is 0 Å². The summed E-state index contributed by atoms with van der Waals surface area (Å²) >= 11 is 11.5. The fraction of sp³-hybridized carbons (Fsp3) is 0.185. The van der Waals surface area contributed by atoms with Crippen LogP contribution in [0.4, 0.5) is 38.5 Å². The molecule has 238 valence electrons. The lowest BCUT2D eigenvalue weighted by atomic mass is 10.1. The van der Waals surface area contributed by atoms with Crippen molar-refractivity contribution in [1.82, 2.24) is 19.4 Å². The topological polar surface area (TPSA) is 142 Å². The molecule has 45 heavy (non-hydrogen) atoms. The number of benzene rings is 3. The Labute approximate surface area is 262 Å². The van der Waals surface area contributed by atoms with Gasteiger partial charge < -0.3 is 15.5 Å². The van der Waals surface area contributed by atoms with Gasteiger partial charge in [-0.2, -0.15) is 5.10 Å². The van der Waals surface area contributed by atoms with E-state index in [9.17, 15) is 40.4 Å². The summed E-state index contributed by atoms with van der Waals surface area (Å²) in [6.07, 6.45) is 0. The van der Waals surface area contributed by atoms with Gasteiger partial charge >= 0.3 is 12.1 Å². The number of sulfonamides is 1. The first-order valence-corrected chi connectivity index (χ1v) is 15.1. The molecule has 18 heteroatoms. The standard InChI is InChI=1S/C27H22Cl2F4N6O5S/c1-13(24-16-11-22(32)23(33)12-17(16)25(40)38(2)36-24)39(27(42)35-15-4-6-21(31)19(29)10-15)7-8-45(43,44)37-26(41)34-14-3-5-20(30)18(28)9-14/h3-6,9-13H,7-8H2,1-2H3,(H,35,42)(H2,34,37,41)/t13-/m1/s1. The molecule has 0 aliphatic rings. The monoisotopic (exact) mass is 688 g/mol. The molecular weight excluding hydrogens is 667 g/mol. The number of halogens is 6. The predicted octanol–water partition coefficient (Wildman–Crippen LogP) is 5.54. The third-order valence-electron chi connectivity index (χ3n) is 6.44. The van der Waals surface area contributed by atoms with Crippen molar-refractivity contribution >= 4 is 67.4 Å². The van der Waals surface area contributed by atoms with Gasteiger partial charge in [-0.15, -0.1) is 0 Å². The van der Waals surface area contributed by atoms with Crippen LogP contribution in [0.3, 0.4) is 0 Å². The molecule has 4 rings (SSSR count). The molecule has 1 aromatic heterocycles. The van der Waals surface area contributed by atoms with E-state index < -0.39 is 69.3 Å². The van der Waals surface area contributed by atoms with Crippen LogP contribution in [0.1, 0.15) is 18.7 Å². The van der Waals surface area contributed by atoms with E-state index in [1.54, 1.807) is 4.72 Å². The third-order valence-corrected chi connectivity index (χ3v) is 8.24. The Balaban J connectivity index is 1.64. The minimum atomic E-state index is -4.47. The number of nitrogens with one attached hydrogen (secondary N) is 3. The van der Waals surface area contributed by atoms with Gasteiger partial charge in [-0.1, -0.05) is 23.2 Å². The molecule has 3 aromatic carbocycles. The summed E-state index contributed by atoms with van der Waals surface area (Å²) in [5.41, 5.74) is -0.863. The SMILES string of the molecule is C[C@H](c1nn(C)c(=O)c2cc(F)c(F)cc12)N(CCS(=O)(=O)NC(=O)Nc1ccc(F)c(Cl)c1)C(=O)Nc1ccc(F)c(Cl)c1. The van der Waals surface area contributed by atoms with Crippen molar-refractivity contribution in [2.24, 2.45) is 7.05 Å². The zero-order chi connectivity index (χ0) is 33.2. The van der Waals surface area contributed by atoms with Crippen LogP contribution in [0.2, 0.25) is 10.0 Å². The van der Waals surface area contributed by atoms with Crippen molar-refractivity contribution in [3.05, 3.63) is 97.9 Å². The average molecular weight is 689 g/mol. The summed E-state index contributed by atoms with van der Waals surface area (Å²) in [4.78, 5) is 39.4. The third kappa shape index (κ3) is 7.82. The van der Waals surface area contributed by atoms with Crippen molar-refractivity contribution in [1.29, 1.82) is 0 Å². The quantitative estimate of drug-likeness (QED) is 0.208. The van der Waals surface area contributed by atoms with Gasteiger partial charge in [0.2, 0.25) is 10.0 Å². The first-order valence-electron chi connectivity index (χ1n) is 12.7. The van der Waals surface area contributed by atoms with Gasteiger partial charge in [-0.05, 0) is 55.5 Å². The molecule has 0 aliphatic heterocycles. The first kappa shape index (κ1) is 33.5. The van der Waals surface area contributed by atoms with E-state index in [4.69, 9.17) is 23.2 Å². The number of aryl methyl sites for hydroxylation is 1. The molecule has 0 radical (unpaired) electrons. The van der Waals surface area contributed by atoms with E-state index in [-0.39, 0.29) is 37.9 Å². The lowest BCUT2D eigenvalue weighted by Gasteiger charge is -2.30. The fourth-order valence-electron chi connectivity index (χ4n) is 4.21. The summed E-state index contributed by atoms with van der Waals surface area (Å²) in [5.74, 6) is -5.01. The molecule has 0 bridgehead atoms. The lowest BCUT2D eigenvalue weighted by Crippen LogP contribution is -2.44. The zero-order valence-corrected chi connectivity index (χ0v) is 25.5. The van der Waals surface area contributed by atoms with Crippen LogP contribution in [0.5, 0.6) is 0 Å². The van der Waals surface area contributed by atoms with Crippen molar-refractivity contribution in [3.63, 3.8) is 0 Å². The lowest BCUT2D eigenvalue weighted by molar-refractivity contribution is 0.196. The van der Waals surface area contributed by atoms with Gasteiger partial charge in [-0.3, -0.25) is 4.79 Å². The van der Waals surface area contributed by atoms with Crippen molar-refractivity contribution < 1.29 is 35.6 Å². The number of urea groups is 2. The second kappa shape index (κ2) is 13.3. The molecule has 0 saturated carbocycles. The van der Waals surface area contributed by atoms with Gasteiger partial charge in [-0.25, -0.2) is 45.0 Å². The number of fused-ring (bicyclic) bond motifs is 1. The van der Waals surface area contributed by atoms with E-state index in [1.165, 1.54) is 20.0 Å². The number of rotatable bonds is 8. The Hall–Kier alpha value is -4.41. The Morgan fingerprint density at radius 2 is 1.42 bits per heavy atom. The van der Waals surface area contributed by atoms with Gasteiger partial charge in [0.25, 0.3) is 5.56 Å². The molecule has 11 nitrogen and oxygen atoms in total. The van der Waals surface area contributed by atoms with Gasteiger partial charge in [0.15, 0.2) is 11.6 Å². The minimum Gasteiger partial charge on any atom is -0.315 e. The smallest absolute Gasteiger partial charge is 0.315 e. The number of aromatic nitrogens is 2. The molecule has 0 aliphatic carbocycles. The van der Waals surface area contributed by atoms with Gasteiger partial charge in [0.05, 0.1) is 32.9 Å².